The van der Waals surface area contributed by atoms with Gasteiger partial charge in [-0.15, -0.1) is 11.8 Å². The second-order valence-electron chi connectivity index (χ2n) is 4.28. The number of carbonyl (C=O) groups is 3. The fourth-order valence-electron chi connectivity index (χ4n) is 1.84. The average Bonchev–Trinajstić information content (AvgIpc) is 2.44. The number of benzene rings is 1. The summed E-state index contributed by atoms with van der Waals surface area (Å²) in [6.45, 7) is 2.05. The highest BCUT2D eigenvalue weighted by Crippen LogP contribution is 2.32. The second-order valence-corrected chi connectivity index (χ2v) is 5.29. The Morgan fingerprint density at radius 1 is 1.35 bits per heavy atom. The number of fused-ring (bicyclic) bond motifs is 1. The number of hydrogen-bond donors (Lipinski definition) is 1. The molecular formula is C14H15NO4S. The molecule has 106 valence electrons. The molecule has 0 atom stereocenters. The summed E-state index contributed by atoms with van der Waals surface area (Å²) in [4.78, 5) is 35.3. The summed E-state index contributed by atoms with van der Waals surface area (Å²) in [7, 11) is 0. The molecule has 2 rings (SSSR count). The van der Waals surface area contributed by atoms with Gasteiger partial charge in [-0.1, -0.05) is 0 Å². The van der Waals surface area contributed by atoms with Crippen LogP contribution in [0.4, 0.5) is 5.69 Å². The van der Waals surface area contributed by atoms with Crippen LogP contribution in [-0.2, 0) is 14.3 Å². The predicted octanol–water partition coefficient (Wildman–Crippen LogP) is 2.26. The van der Waals surface area contributed by atoms with Crippen molar-refractivity contribution >= 4 is 35.1 Å². The number of anilines is 1. The average molecular weight is 293 g/mol. The molecule has 0 aliphatic carbocycles. The molecule has 20 heavy (non-hydrogen) atoms. The molecule has 0 aromatic heterocycles. The standard InChI is InChI=1S/C14H15NO4S/c1-2-19-14(18)6-5-11(16)9-3-4-10-12(7-9)20-8-13(17)15-10/h3-4,7H,2,5-6,8H2,1H3,(H,15,17). The minimum absolute atomic E-state index is 0.0381. The van der Waals surface area contributed by atoms with Gasteiger partial charge in [0.15, 0.2) is 5.78 Å². The second kappa shape index (κ2) is 6.56. The Morgan fingerprint density at radius 3 is 2.90 bits per heavy atom. The van der Waals surface area contributed by atoms with Crippen molar-refractivity contribution in [3.05, 3.63) is 23.8 Å². The van der Waals surface area contributed by atoms with Crippen LogP contribution in [0.5, 0.6) is 0 Å². The van der Waals surface area contributed by atoms with E-state index in [0.717, 1.165) is 10.6 Å². The third-order valence-electron chi connectivity index (χ3n) is 2.80. The largest absolute Gasteiger partial charge is 0.466 e. The van der Waals surface area contributed by atoms with E-state index in [9.17, 15) is 14.4 Å². The van der Waals surface area contributed by atoms with Gasteiger partial charge in [0.1, 0.15) is 0 Å². The zero-order chi connectivity index (χ0) is 14.5. The maximum Gasteiger partial charge on any atom is 0.306 e. The van der Waals surface area contributed by atoms with Crippen molar-refractivity contribution in [3.63, 3.8) is 0 Å². The highest BCUT2D eigenvalue weighted by Gasteiger charge is 2.17. The molecule has 5 nitrogen and oxygen atoms in total. The number of hydrogen-bond acceptors (Lipinski definition) is 5. The molecule has 0 bridgehead atoms. The van der Waals surface area contributed by atoms with E-state index in [0.29, 0.717) is 17.9 Å². The molecule has 1 aliphatic rings. The summed E-state index contributed by atoms with van der Waals surface area (Å²) in [5.41, 5.74) is 1.28. The SMILES string of the molecule is CCOC(=O)CCC(=O)c1ccc2c(c1)SCC(=O)N2. The lowest BCUT2D eigenvalue weighted by Gasteiger charge is -2.16. The van der Waals surface area contributed by atoms with Crippen LogP contribution in [0.3, 0.4) is 0 Å². The van der Waals surface area contributed by atoms with E-state index in [2.05, 4.69) is 5.32 Å². The van der Waals surface area contributed by atoms with Crippen molar-refractivity contribution in [2.24, 2.45) is 0 Å². The molecule has 0 spiro atoms. The zero-order valence-corrected chi connectivity index (χ0v) is 11.9. The molecule has 6 heteroatoms. The summed E-state index contributed by atoms with van der Waals surface area (Å²) < 4.78 is 4.79. The molecule has 1 aliphatic heterocycles. The number of amides is 1. The number of esters is 1. The van der Waals surface area contributed by atoms with Crippen LogP contribution in [0.2, 0.25) is 0 Å². The molecule has 0 unspecified atom stereocenters. The van der Waals surface area contributed by atoms with Gasteiger partial charge in [0.25, 0.3) is 0 Å². The first-order valence-electron chi connectivity index (χ1n) is 6.35. The number of thioether (sulfide) groups is 1. The van der Waals surface area contributed by atoms with E-state index < -0.39 is 0 Å². The first-order chi connectivity index (χ1) is 9.60. The van der Waals surface area contributed by atoms with E-state index in [-0.39, 0.29) is 30.5 Å². The minimum atomic E-state index is -0.361. The lowest BCUT2D eigenvalue weighted by molar-refractivity contribution is -0.143. The fourth-order valence-corrected chi connectivity index (χ4v) is 2.68. The van der Waals surface area contributed by atoms with Gasteiger partial charge in [0.2, 0.25) is 5.91 Å². The summed E-state index contributed by atoms with van der Waals surface area (Å²) in [6.07, 6.45) is 0.224. The molecule has 1 amide bonds. The summed E-state index contributed by atoms with van der Waals surface area (Å²) >= 11 is 1.41. The Labute approximate surface area is 121 Å². The van der Waals surface area contributed by atoms with Crippen molar-refractivity contribution in [2.45, 2.75) is 24.7 Å². The molecule has 1 aromatic rings. The number of rotatable bonds is 5. The molecule has 1 N–H and O–H groups in total. The summed E-state index contributed by atoms with van der Waals surface area (Å²) in [6, 6.07) is 5.14. The van der Waals surface area contributed by atoms with Crippen LogP contribution < -0.4 is 5.32 Å². The van der Waals surface area contributed by atoms with E-state index >= 15 is 0 Å². The van der Waals surface area contributed by atoms with Crippen molar-refractivity contribution in [2.75, 3.05) is 17.7 Å². The van der Waals surface area contributed by atoms with Gasteiger partial charge in [0.05, 0.1) is 24.5 Å². The van der Waals surface area contributed by atoms with Gasteiger partial charge in [-0.05, 0) is 25.1 Å². The zero-order valence-electron chi connectivity index (χ0n) is 11.1. The quantitative estimate of drug-likeness (QED) is 0.666. The van der Waals surface area contributed by atoms with E-state index in [1.54, 1.807) is 25.1 Å². The van der Waals surface area contributed by atoms with Crippen LogP contribution >= 0.6 is 11.8 Å². The van der Waals surface area contributed by atoms with Gasteiger partial charge in [-0.3, -0.25) is 14.4 Å². The van der Waals surface area contributed by atoms with Gasteiger partial charge in [0, 0.05) is 16.9 Å². The van der Waals surface area contributed by atoms with E-state index in [1.165, 1.54) is 11.8 Å². The highest BCUT2D eigenvalue weighted by molar-refractivity contribution is 8.00. The van der Waals surface area contributed by atoms with Crippen LogP contribution in [-0.4, -0.2) is 30.0 Å². The minimum Gasteiger partial charge on any atom is -0.466 e. The van der Waals surface area contributed by atoms with Crippen molar-refractivity contribution in [1.29, 1.82) is 0 Å². The van der Waals surface area contributed by atoms with Crippen LogP contribution in [0, 0.1) is 0 Å². The Morgan fingerprint density at radius 2 is 2.15 bits per heavy atom. The number of Topliss-reactive ketones (excluding diaryl/α,β-unsaturated/α-hetero) is 1. The Hall–Kier alpha value is -1.82. The maximum atomic E-state index is 12.0. The molecule has 0 saturated heterocycles. The molecule has 0 saturated carbocycles. The topological polar surface area (TPSA) is 72.5 Å². The molecular weight excluding hydrogens is 278 g/mol. The number of carbonyl (C=O) groups excluding carboxylic acids is 3. The van der Waals surface area contributed by atoms with Crippen molar-refractivity contribution in [3.8, 4) is 0 Å². The molecule has 1 aromatic carbocycles. The first-order valence-corrected chi connectivity index (χ1v) is 7.34. The van der Waals surface area contributed by atoms with E-state index in [1.807, 2.05) is 0 Å². The Balaban J connectivity index is 2.00. The molecule has 0 radical (unpaired) electrons. The first kappa shape index (κ1) is 14.6. The molecule has 1 heterocycles. The Kier molecular flexibility index (Phi) is 4.79. The van der Waals surface area contributed by atoms with Crippen LogP contribution in [0.25, 0.3) is 0 Å². The third kappa shape index (κ3) is 3.60. The lowest BCUT2D eigenvalue weighted by Crippen LogP contribution is -2.19. The van der Waals surface area contributed by atoms with Gasteiger partial charge < -0.3 is 10.1 Å². The van der Waals surface area contributed by atoms with Crippen molar-refractivity contribution in [1.82, 2.24) is 0 Å². The van der Waals surface area contributed by atoms with Crippen LogP contribution in [0.15, 0.2) is 23.1 Å². The molecule has 0 fully saturated rings. The number of nitrogens with one attached hydrogen (secondary N) is 1. The normalized spacial score (nSPS) is 13.3. The lowest BCUT2D eigenvalue weighted by atomic mass is 10.1. The number of ether oxygens (including phenoxy) is 1. The predicted molar refractivity (Wildman–Crippen MR) is 76.0 cm³/mol. The highest BCUT2D eigenvalue weighted by atomic mass is 32.2. The monoisotopic (exact) mass is 293 g/mol. The number of ketones is 1. The summed E-state index contributed by atoms with van der Waals surface area (Å²) in [5, 5.41) is 2.75. The van der Waals surface area contributed by atoms with Crippen LogP contribution in [0.1, 0.15) is 30.1 Å². The van der Waals surface area contributed by atoms with Gasteiger partial charge in [-0.2, -0.15) is 0 Å². The van der Waals surface area contributed by atoms with Crippen molar-refractivity contribution < 1.29 is 19.1 Å². The van der Waals surface area contributed by atoms with Gasteiger partial charge >= 0.3 is 5.97 Å². The fraction of sp³-hybridized carbons (Fsp3) is 0.357. The third-order valence-corrected chi connectivity index (χ3v) is 3.85. The van der Waals surface area contributed by atoms with E-state index in [4.69, 9.17) is 4.74 Å². The van der Waals surface area contributed by atoms with Gasteiger partial charge in [-0.25, -0.2) is 0 Å². The smallest absolute Gasteiger partial charge is 0.306 e. The maximum absolute atomic E-state index is 12.0. The Bertz CT molecular complexity index is 556. The summed E-state index contributed by atoms with van der Waals surface area (Å²) in [5.74, 6) is -0.143.